The number of amides is 2. The van der Waals surface area contributed by atoms with Gasteiger partial charge in [-0.15, -0.1) is 0 Å². The van der Waals surface area contributed by atoms with Crippen LogP contribution in [0, 0.1) is 0 Å². The molecule has 2 aromatic heterocycles. The van der Waals surface area contributed by atoms with Crippen molar-refractivity contribution in [3.8, 4) is 34.0 Å². The lowest BCUT2D eigenvalue weighted by molar-refractivity contribution is -0.142. The summed E-state index contributed by atoms with van der Waals surface area (Å²) in [5.41, 5.74) is 4.58. The van der Waals surface area contributed by atoms with Gasteiger partial charge >= 0.3 is 0 Å². The largest absolute Gasteiger partial charge is 0.457 e. The molecule has 4 atom stereocenters. The van der Waals surface area contributed by atoms with Gasteiger partial charge in [-0.3, -0.25) is 9.59 Å². The molecule has 0 bridgehead atoms. The molecular weight excluding hydrogens is 668 g/mol. The molecule has 0 spiro atoms. The highest BCUT2D eigenvalue weighted by Crippen LogP contribution is 2.36. The Morgan fingerprint density at radius 3 is 1.74 bits per heavy atom. The molecule has 268 valence electrons. The summed E-state index contributed by atoms with van der Waals surface area (Å²) in [7, 11) is 0. The molecular formula is C42H40N6O5. The van der Waals surface area contributed by atoms with Crippen LogP contribution in [0.25, 0.3) is 22.5 Å². The predicted molar refractivity (Wildman–Crippen MR) is 198 cm³/mol. The highest BCUT2D eigenvalue weighted by atomic mass is 16.5. The third-order valence-corrected chi connectivity index (χ3v) is 10.1. The van der Waals surface area contributed by atoms with Crippen LogP contribution in [0.2, 0.25) is 0 Å². The molecule has 8 rings (SSSR count). The number of rotatable bonds is 10. The first kappa shape index (κ1) is 34.1. The molecule has 0 aliphatic carbocycles. The summed E-state index contributed by atoms with van der Waals surface area (Å²) in [6, 6.07) is 32.9. The fraction of sp³-hybridized carbons (Fsp3) is 0.238. The molecule has 2 amide bonds. The van der Waals surface area contributed by atoms with E-state index in [0.717, 1.165) is 48.2 Å². The molecule has 4 heterocycles. The number of hydrogen-bond acceptors (Lipinski definition) is 7. The molecule has 0 saturated carbocycles. The molecule has 11 heteroatoms. The summed E-state index contributed by atoms with van der Waals surface area (Å²) in [6.45, 7) is 1.14. The molecule has 4 N–H and O–H groups in total. The molecule has 0 radical (unpaired) electrons. The first-order valence-electron chi connectivity index (χ1n) is 18.0. The van der Waals surface area contributed by atoms with E-state index in [1.165, 1.54) is 0 Å². The van der Waals surface area contributed by atoms with Crippen LogP contribution in [-0.2, 0) is 9.59 Å². The van der Waals surface area contributed by atoms with E-state index in [1.807, 2.05) is 91.1 Å². The highest BCUT2D eigenvalue weighted by molar-refractivity contribution is 5.83. The number of imidazole rings is 2. The Hall–Kier alpha value is -6.04. The number of aromatic amines is 2. The molecule has 53 heavy (non-hydrogen) atoms. The SMILES string of the molecule is O=C(C(O)c1ccccc1)N1CCC[C@H]1c1nc(-c2ccc(Oc3ccc(-c4cnc([C@@H]5CCCN5C(=O)C(O)c5ccccc5)[nH]4)cc3)cc2)c[nH]1. The topological polar surface area (TPSA) is 148 Å². The molecule has 2 fully saturated rings. The highest BCUT2D eigenvalue weighted by Gasteiger charge is 2.36. The number of aromatic nitrogens is 4. The first-order valence-corrected chi connectivity index (χ1v) is 18.0. The van der Waals surface area contributed by atoms with Gasteiger partial charge in [0.25, 0.3) is 11.8 Å². The van der Waals surface area contributed by atoms with Crippen molar-refractivity contribution >= 4 is 11.8 Å². The quantitative estimate of drug-likeness (QED) is 0.119. The normalized spacial score (nSPS) is 18.2. The van der Waals surface area contributed by atoms with Crippen molar-refractivity contribution in [1.82, 2.24) is 29.7 Å². The Morgan fingerprint density at radius 1 is 0.679 bits per heavy atom. The van der Waals surface area contributed by atoms with Crippen LogP contribution in [0.5, 0.6) is 11.5 Å². The van der Waals surface area contributed by atoms with Crippen molar-refractivity contribution in [2.45, 2.75) is 50.0 Å². The van der Waals surface area contributed by atoms with Crippen molar-refractivity contribution in [1.29, 1.82) is 0 Å². The maximum Gasteiger partial charge on any atom is 0.256 e. The van der Waals surface area contributed by atoms with Crippen LogP contribution in [0.3, 0.4) is 0 Å². The number of aliphatic hydroxyl groups excluding tert-OH is 2. The monoisotopic (exact) mass is 708 g/mol. The lowest BCUT2D eigenvalue weighted by Crippen LogP contribution is -2.35. The summed E-state index contributed by atoms with van der Waals surface area (Å²) in [5.74, 6) is 2.12. The number of carbonyl (C=O) groups is 2. The predicted octanol–water partition coefficient (Wildman–Crippen LogP) is 7.05. The first-order chi connectivity index (χ1) is 25.9. The van der Waals surface area contributed by atoms with E-state index in [-0.39, 0.29) is 23.9 Å². The van der Waals surface area contributed by atoms with Crippen LogP contribution in [0.4, 0.5) is 0 Å². The van der Waals surface area contributed by atoms with Crippen LogP contribution >= 0.6 is 0 Å². The van der Waals surface area contributed by atoms with Crippen molar-refractivity contribution < 1.29 is 24.5 Å². The van der Waals surface area contributed by atoms with E-state index >= 15 is 0 Å². The van der Waals surface area contributed by atoms with E-state index < -0.39 is 12.2 Å². The number of nitrogens with zero attached hydrogens (tertiary/aromatic N) is 4. The molecule has 11 nitrogen and oxygen atoms in total. The zero-order chi connectivity index (χ0) is 36.3. The number of hydrogen-bond donors (Lipinski definition) is 4. The minimum atomic E-state index is -1.21. The average Bonchev–Trinajstić information content (AvgIpc) is 4.05. The fourth-order valence-electron chi connectivity index (χ4n) is 7.34. The molecule has 4 aromatic carbocycles. The van der Waals surface area contributed by atoms with Crippen LogP contribution in [0.1, 0.15) is 72.8 Å². The summed E-state index contributed by atoms with van der Waals surface area (Å²) in [4.78, 5) is 46.0. The van der Waals surface area contributed by atoms with E-state index in [2.05, 4.69) is 15.0 Å². The maximum absolute atomic E-state index is 13.2. The Kier molecular flexibility index (Phi) is 9.58. The van der Waals surface area contributed by atoms with Crippen molar-refractivity contribution in [2.24, 2.45) is 0 Å². The number of ether oxygens (including phenoxy) is 1. The second kappa shape index (κ2) is 14.9. The molecule has 2 unspecified atom stereocenters. The Balaban J connectivity index is 0.887. The van der Waals surface area contributed by atoms with Gasteiger partial charge < -0.3 is 34.7 Å². The summed E-state index contributed by atoms with van der Waals surface area (Å²) in [6.07, 6.45) is 4.42. The molecule has 2 saturated heterocycles. The number of nitrogens with one attached hydrogen (secondary N) is 2. The summed E-state index contributed by atoms with van der Waals surface area (Å²) < 4.78 is 6.14. The molecule has 2 aliphatic heterocycles. The Bertz CT molecular complexity index is 2010. The van der Waals surface area contributed by atoms with Gasteiger partial charge in [0.2, 0.25) is 0 Å². The van der Waals surface area contributed by atoms with E-state index in [0.29, 0.717) is 47.4 Å². The van der Waals surface area contributed by atoms with E-state index in [9.17, 15) is 19.8 Å². The third-order valence-electron chi connectivity index (χ3n) is 10.1. The lowest BCUT2D eigenvalue weighted by atomic mass is 10.1. The van der Waals surface area contributed by atoms with Gasteiger partial charge in [0.15, 0.2) is 12.2 Å². The van der Waals surface area contributed by atoms with Gasteiger partial charge in [-0.25, -0.2) is 9.97 Å². The van der Waals surface area contributed by atoms with Gasteiger partial charge in [-0.2, -0.15) is 0 Å². The second-order valence-electron chi connectivity index (χ2n) is 13.5. The minimum Gasteiger partial charge on any atom is -0.457 e. The van der Waals surface area contributed by atoms with Gasteiger partial charge in [-0.05, 0) is 90.9 Å². The average molecular weight is 709 g/mol. The number of likely N-dealkylation sites (tertiary alicyclic amines) is 2. The van der Waals surface area contributed by atoms with Crippen LogP contribution in [0.15, 0.2) is 122 Å². The molecule has 2 aliphatic rings. The number of aliphatic hydroxyl groups is 2. The lowest BCUT2D eigenvalue weighted by Gasteiger charge is -2.25. The van der Waals surface area contributed by atoms with Gasteiger partial charge in [0.1, 0.15) is 23.1 Å². The summed E-state index contributed by atoms with van der Waals surface area (Å²) in [5, 5.41) is 21.5. The zero-order valence-corrected chi connectivity index (χ0v) is 29.0. The molecule has 6 aromatic rings. The van der Waals surface area contributed by atoms with Gasteiger partial charge in [-0.1, -0.05) is 60.7 Å². The second-order valence-corrected chi connectivity index (χ2v) is 13.5. The van der Waals surface area contributed by atoms with Crippen molar-refractivity contribution in [3.63, 3.8) is 0 Å². The maximum atomic E-state index is 13.2. The van der Waals surface area contributed by atoms with Gasteiger partial charge in [0, 0.05) is 24.8 Å². The van der Waals surface area contributed by atoms with Crippen molar-refractivity contribution in [2.75, 3.05) is 13.1 Å². The van der Waals surface area contributed by atoms with Crippen LogP contribution < -0.4 is 4.74 Å². The standard InChI is InChI=1S/C42H40N6O5/c49-37(29-9-3-1-4-10-29)41(51)47-23-7-13-35(47)39-43-25-33(45-39)27-15-19-31(20-16-27)53-32-21-17-28(18-22-32)34-26-44-40(46-34)36-14-8-24-48(36)42(52)38(50)30-11-5-2-6-12-30/h1-6,9-12,15-22,25-26,35-38,49-50H,7-8,13-14,23-24H2,(H,43,45)(H,44,46)/t35-,36-,37?,38?/m0/s1. The van der Waals surface area contributed by atoms with Gasteiger partial charge in [0.05, 0.1) is 29.7 Å². The third kappa shape index (κ3) is 7.09. The van der Waals surface area contributed by atoms with E-state index in [1.54, 1.807) is 40.3 Å². The minimum absolute atomic E-state index is 0.228. The van der Waals surface area contributed by atoms with Crippen LogP contribution in [-0.4, -0.2) is 64.9 Å². The number of H-pyrrole nitrogens is 2. The Labute approximate surface area is 306 Å². The van der Waals surface area contributed by atoms with E-state index in [4.69, 9.17) is 9.72 Å². The number of benzene rings is 4. The Morgan fingerprint density at radius 2 is 1.19 bits per heavy atom. The zero-order valence-electron chi connectivity index (χ0n) is 29.0. The fourth-order valence-corrected chi connectivity index (χ4v) is 7.34. The summed E-state index contributed by atoms with van der Waals surface area (Å²) >= 11 is 0. The smallest absolute Gasteiger partial charge is 0.256 e. The number of carbonyl (C=O) groups excluding carboxylic acids is 2. The van der Waals surface area contributed by atoms with Crippen molar-refractivity contribution in [3.05, 3.63) is 144 Å².